The molecule has 0 amide bonds. The van der Waals surface area contributed by atoms with Gasteiger partial charge in [0, 0.05) is 13.1 Å². The highest BCUT2D eigenvalue weighted by Crippen LogP contribution is 2.24. The monoisotopic (exact) mass is 307 g/mol. The zero-order valence-electron chi connectivity index (χ0n) is 12.7. The van der Waals surface area contributed by atoms with E-state index in [4.69, 9.17) is 0 Å². The van der Waals surface area contributed by atoms with Crippen LogP contribution in [0.2, 0.25) is 0 Å². The van der Waals surface area contributed by atoms with Crippen molar-refractivity contribution in [1.82, 2.24) is 20.0 Å². The summed E-state index contributed by atoms with van der Waals surface area (Å²) >= 11 is 1.41. The average molecular weight is 307 g/mol. The molecule has 0 aliphatic rings. The van der Waals surface area contributed by atoms with Crippen molar-refractivity contribution >= 4 is 16.5 Å². The second-order valence-corrected chi connectivity index (χ2v) is 5.90. The van der Waals surface area contributed by atoms with Gasteiger partial charge in [-0.15, -0.1) is 10.2 Å². The van der Waals surface area contributed by atoms with Gasteiger partial charge < -0.3 is 5.32 Å². The van der Waals surface area contributed by atoms with E-state index in [0.29, 0.717) is 17.1 Å². The Balaban J connectivity index is 2.32. The van der Waals surface area contributed by atoms with Gasteiger partial charge in [-0.25, -0.2) is 4.68 Å². The quantitative estimate of drug-likeness (QED) is 0.851. The maximum atomic E-state index is 12.5. The second-order valence-electron chi connectivity index (χ2n) is 4.92. The number of nitrogens with one attached hydrogen (secondary N) is 1. The molecule has 0 saturated carbocycles. The molecule has 6 nitrogen and oxygen atoms in total. The summed E-state index contributed by atoms with van der Waals surface area (Å²) in [5.41, 5.74) is 1.31. The molecule has 0 fully saturated rings. The lowest BCUT2D eigenvalue weighted by Crippen LogP contribution is -2.25. The van der Waals surface area contributed by atoms with Crippen molar-refractivity contribution in [3.8, 4) is 10.6 Å². The van der Waals surface area contributed by atoms with Crippen LogP contribution in [0.5, 0.6) is 0 Å². The summed E-state index contributed by atoms with van der Waals surface area (Å²) in [4.78, 5) is 12.5. The summed E-state index contributed by atoms with van der Waals surface area (Å²) in [5, 5.41) is 17.1. The molecule has 0 aliphatic carbocycles. The Morgan fingerprint density at radius 3 is 2.81 bits per heavy atom. The summed E-state index contributed by atoms with van der Waals surface area (Å²) < 4.78 is 1.54. The van der Waals surface area contributed by atoms with Gasteiger partial charge in [0.05, 0.1) is 11.3 Å². The predicted molar refractivity (Wildman–Crippen MR) is 85.8 cm³/mol. The van der Waals surface area contributed by atoms with Crippen LogP contribution >= 0.6 is 11.3 Å². The molecule has 0 spiro atoms. The first-order valence-electron chi connectivity index (χ1n) is 7.32. The molecule has 2 heterocycles. The summed E-state index contributed by atoms with van der Waals surface area (Å²) in [7, 11) is 0. The number of hydrogen-bond donors (Lipinski definition) is 1. The van der Waals surface area contributed by atoms with Gasteiger partial charge in [-0.2, -0.15) is 5.10 Å². The van der Waals surface area contributed by atoms with Gasteiger partial charge in [0.25, 0.3) is 5.56 Å². The van der Waals surface area contributed by atoms with Crippen molar-refractivity contribution in [1.29, 1.82) is 0 Å². The Kier molecular flexibility index (Phi) is 5.44. The summed E-state index contributed by atoms with van der Waals surface area (Å²) in [6.45, 7) is 7.57. The van der Waals surface area contributed by atoms with Crippen LogP contribution in [0.15, 0.2) is 10.9 Å². The lowest BCUT2D eigenvalue weighted by atomic mass is 10.2. The molecule has 0 unspecified atom stereocenters. The topological polar surface area (TPSA) is 72.7 Å². The number of anilines is 1. The van der Waals surface area contributed by atoms with Gasteiger partial charge in [-0.05, 0) is 25.8 Å². The van der Waals surface area contributed by atoms with E-state index in [1.165, 1.54) is 16.0 Å². The molecule has 0 aliphatic heterocycles. The molecule has 2 rings (SSSR count). The van der Waals surface area contributed by atoms with Crippen LogP contribution in [0.1, 0.15) is 38.8 Å². The number of aromatic nitrogens is 4. The predicted octanol–water partition coefficient (Wildman–Crippen LogP) is 2.69. The molecular formula is C14H21N5OS. The normalized spacial score (nSPS) is 10.8. The number of unbranched alkanes of at least 4 members (excludes halogenated alkanes) is 1. The Morgan fingerprint density at radius 2 is 2.10 bits per heavy atom. The fraction of sp³-hybridized carbons (Fsp3) is 0.571. The van der Waals surface area contributed by atoms with Gasteiger partial charge in [0.2, 0.25) is 5.13 Å². The zero-order chi connectivity index (χ0) is 15.2. The van der Waals surface area contributed by atoms with E-state index in [1.54, 1.807) is 6.07 Å². The molecule has 0 saturated heterocycles. The van der Waals surface area contributed by atoms with Gasteiger partial charge in [0.15, 0.2) is 5.01 Å². The van der Waals surface area contributed by atoms with Gasteiger partial charge in [-0.3, -0.25) is 4.79 Å². The van der Waals surface area contributed by atoms with Crippen molar-refractivity contribution in [2.45, 2.75) is 46.6 Å². The lowest BCUT2D eigenvalue weighted by molar-refractivity contribution is 0.538. The summed E-state index contributed by atoms with van der Waals surface area (Å²) in [6.07, 6.45) is 2.99. The van der Waals surface area contributed by atoms with Crippen LogP contribution in [-0.2, 0) is 6.54 Å². The maximum absolute atomic E-state index is 12.5. The smallest absolute Gasteiger partial charge is 0.277 e. The molecule has 1 N–H and O–H groups in total. The largest absolute Gasteiger partial charge is 0.360 e. The second kappa shape index (κ2) is 7.31. The van der Waals surface area contributed by atoms with E-state index in [2.05, 4.69) is 34.5 Å². The van der Waals surface area contributed by atoms with E-state index in [0.717, 1.165) is 36.6 Å². The maximum Gasteiger partial charge on any atom is 0.277 e. The fourth-order valence-electron chi connectivity index (χ4n) is 1.92. The van der Waals surface area contributed by atoms with E-state index in [9.17, 15) is 4.79 Å². The third-order valence-corrected chi connectivity index (χ3v) is 3.92. The Morgan fingerprint density at radius 1 is 1.29 bits per heavy atom. The molecule has 0 bridgehead atoms. The molecule has 0 aromatic carbocycles. The third kappa shape index (κ3) is 3.87. The molecule has 0 atom stereocenters. The Bertz CT molecular complexity index is 649. The van der Waals surface area contributed by atoms with Gasteiger partial charge in [-0.1, -0.05) is 31.6 Å². The highest BCUT2D eigenvalue weighted by molar-refractivity contribution is 7.18. The van der Waals surface area contributed by atoms with Crippen LogP contribution in [0.4, 0.5) is 5.13 Å². The van der Waals surface area contributed by atoms with Crippen LogP contribution in [0.3, 0.4) is 0 Å². The number of hydrogen-bond acceptors (Lipinski definition) is 6. The minimum Gasteiger partial charge on any atom is -0.360 e. The Hall–Kier alpha value is -1.76. The molecular weight excluding hydrogens is 286 g/mol. The molecule has 2 aromatic rings. The molecule has 114 valence electrons. The summed E-state index contributed by atoms with van der Waals surface area (Å²) in [5.74, 6) is 0. The van der Waals surface area contributed by atoms with Crippen LogP contribution in [0, 0.1) is 6.92 Å². The standard InChI is InChI=1S/C14H21N5OS/c1-4-6-8-19-13(20)11(9-10(3)18-19)12-16-17-14(21-12)15-7-5-2/h9H,4-8H2,1-3H3,(H,15,17). The lowest BCUT2D eigenvalue weighted by Gasteiger charge is -2.06. The highest BCUT2D eigenvalue weighted by atomic mass is 32.1. The van der Waals surface area contributed by atoms with Crippen LogP contribution in [0.25, 0.3) is 10.6 Å². The van der Waals surface area contributed by atoms with Crippen molar-refractivity contribution in [3.63, 3.8) is 0 Å². The third-order valence-electron chi connectivity index (χ3n) is 3.00. The molecule has 7 heteroatoms. The van der Waals surface area contributed by atoms with Crippen molar-refractivity contribution in [2.75, 3.05) is 11.9 Å². The zero-order valence-corrected chi connectivity index (χ0v) is 13.5. The van der Waals surface area contributed by atoms with E-state index in [1.807, 2.05) is 6.92 Å². The number of aryl methyl sites for hydroxylation is 2. The average Bonchev–Trinajstić information content (AvgIpc) is 2.94. The van der Waals surface area contributed by atoms with E-state index < -0.39 is 0 Å². The van der Waals surface area contributed by atoms with Crippen molar-refractivity contribution < 1.29 is 0 Å². The Labute approximate surface area is 128 Å². The number of rotatable bonds is 7. The molecule has 21 heavy (non-hydrogen) atoms. The molecule has 2 aromatic heterocycles. The first-order valence-corrected chi connectivity index (χ1v) is 8.13. The van der Waals surface area contributed by atoms with Crippen molar-refractivity contribution in [3.05, 3.63) is 22.1 Å². The van der Waals surface area contributed by atoms with Crippen molar-refractivity contribution in [2.24, 2.45) is 0 Å². The summed E-state index contributed by atoms with van der Waals surface area (Å²) in [6, 6.07) is 1.79. The van der Waals surface area contributed by atoms with E-state index >= 15 is 0 Å². The minimum absolute atomic E-state index is 0.0905. The first kappa shape index (κ1) is 15.6. The fourth-order valence-corrected chi connectivity index (χ4v) is 2.70. The van der Waals surface area contributed by atoms with E-state index in [-0.39, 0.29) is 5.56 Å². The number of nitrogens with zero attached hydrogens (tertiary/aromatic N) is 4. The minimum atomic E-state index is -0.0905. The highest BCUT2D eigenvalue weighted by Gasteiger charge is 2.13. The SMILES string of the molecule is CCCCn1nc(C)cc(-c2nnc(NCCC)s2)c1=O. The van der Waals surface area contributed by atoms with Crippen LogP contribution < -0.4 is 10.9 Å². The van der Waals surface area contributed by atoms with Gasteiger partial charge >= 0.3 is 0 Å². The van der Waals surface area contributed by atoms with Gasteiger partial charge in [0.1, 0.15) is 0 Å². The first-order chi connectivity index (χ1) is 10.2. The molecule has 0 radical (unpaired) electrons. The van der Waals surface area contributed by atoms with Crippen LogP contribution in [-0.4, -0.2) is 26.5 Å².